The lowest BCUT2D eigenvalue weighted by atomic mass is 10.1. The number of hydrogen-bond acceptors (Lipinski definition) is 3. The summed E-state index contributed by atoms with van der Waals surface area (Å²) in [6, 6.07) is 5.56. The number of hydrogen-bond donors (Lipinski definition) is 1. The van der Waals surface area contributed by atoms with Crippen LogP contribution in [-0.4, -0.2) is 17.4 Å². The summed E-state index contributed by atoms with van der Waals surface area (Å²) in [6.45, 7) is 2.28. The minimum absolute atomic E-state index is 0.237. The highest BCUT2D eigenvalue weighted by molar-refractivity contribution is 7.16. The fourth-order valence-corrected chi connectivity index (χ4v) is 2.98. The van der Waals surface area contributed by atoms with Gasteiger partial charge in [-0.25, -0.2) is 8.78 Å². The molecule has 7 heteroatoms. The van der Waals surface area contributed by atoms with Gasteiger partial charge in [0, 0.05) is 11.4 Å². The van der Waals surface area contributed by atoms with Crippen molar-refractivity contribution in [2.24, 2.45) is 0 Å². The molecule has 2 N–H and O–H groups in total. The normalized spacial score (nSPS) is 10.7. The Kier molecular flexibility index (Phi) is 4.80. The number of benzene rings is 1. The van der Waals surface area contributed by atoms with Crippen molar-refractivity contribution in [1.82, 2.24) is 4.90 Å². The number of carbonyl (C=O) groups excluding carboxylic acids is 1. The molecule has 1 aromatic carbocycles. The fraction of sp³-hybridized carbons (Fsp3) is 0.214. The van der Waals surface area contributed by atoms with Crippen LogP contribution in [0, 0.1) is 11.6 Å². The Morgan fingerprint density at radius 2 is 2.05 bits per heavy atom. The van der Waals surface area contributed by atoms with Crippen LogP contribution in [0.15, 0.2) is 24.3 Å². The van der Waals surface area contributed by atoms with Gasteiger partial charge in [0.15, 0.2) is 5.82 Å². The number of rotatable bonds is 4. The molecule has 0 bridgehead atoms. The van der Waals surface area contributed by atoms with E-state index < -0.39 is 23.1 Å². The number of nitrogens with two attached hydrogens (primary N) is 1. The van der Waals surface area contributed by atoms with Crippen LogP contribution in [0.4, 0.5) is 14.5 Å². The SMILES string of the molecule is CCN(Cc1ccc(Cl)s1)C(=O)c1c(F)ccc(N)c1F. The maximum atomic E-state index is 13.9. The minimum atomic E-state index is -1.03. The predicted molar refractivity (Wildman–Crippen MR) is 80.5 cm³/mol. The number of anilines is 1. The first-order valence-corrected chi connectivity index (χ1v) is 7.40. The first-order chi connectivity index (χ1) is 9.93. The van der Waals surface area contributed by atoms with Gasteiger partial charge in [0.1, 0.15) is 11.4 Å². The molecule has 0 aliphatic heterocycles. The third-order valence-corrected chi connectivity index (χ3v) is 4.20. The molecule has 0 fully saturated rings. The Labute approximate surface area is 129 Å². The molecule has 0 saturated carbocycles. The summed E-state index contributed by atoms with van der Waals surface area (Å²) < 4.78 is 28.3. The average Bonchev–Trinajstić information content (AvgIpc) is 2.86. The zero-order chi connectivity index (χ0) is 15.6. The van der Waals surface area contributed by atoms with Crippen LogP contribution in [0.3, 0.4) is 0 Å². The number of halogens is 3. The van der Waals surface area contributed by atoms with Crippen LogP contribution in [0.2, 0.25) is 4.34 Å². The average molecular weight is 331 g/mol. The van der Waals surface area contributed by atoms with Gasteiger partial charge in [-0.15, -0.1) is 11.3 Å². The number of nitrogen functional groups attached to an aromatic ring is 1. The largest absolute Gasteiger partial charge is 0.396 e. The van der Waals surface area contributed by atoms with Gasteiger partial charge >= 0.3 is 0 Å². The highest BCUT2D eigenvalue weighted by Crippen LogP contribution is 2.25. The van der Waals surface area contributed by atoms with E-state index in [0.717, 1.165) is 17.0 Å². The number of carbonyl (C=O) groups is 1. The van der Waals surface area contributed by atoms with E-state index in [1.807, 2.05) is 0 Å². The number of thiophene rings is 1. The van der Waals surface area contributed by atoms with Crippen LogP contribution in [0.5, 0.6) is 0 Å². The minimum Gasteiger partial charge on any atom is -0.396 e. The van der Waals surface area contributed by atoms with Gasteiger partial charge in [-0.1, -0.05) is 11.6 Å². The van der Waals surface area contributed by atoms with E-state index in [0.29, 0.717) is 10.9 Å². The van der Waals surface area contributed by atoms with Gasteiger partial charge in [-0.05, 0) is 31.2 Å². The summed E-state index contributed by atoms with van der Waals surface area (Å²) >= 11 is 7.15. The Hall–Kier alpha value is -1.66. The molecular weight excluding hydrogens is 318 g/mol. The third-order valence-electron chi connectivity index (χ3n) is 2.98. The van der Waals surface area contributed by atoms with Crippen LogP contribution in [0.25, 0.3) is 0 Å². The molecular formula is C14H13ClF2N2OS. The van der Waals surface area contributed by atoms with E-state index in [4.69, 9.17) is 17.3 Å². The van der Waals surface area contributed by atoms with E-state index in [9.17, 15) is 13.6 Å². The first-order valence-electron chi connectivity index (χ1n) is 6.21. The second-order valence-corrected chi connectivity index (χ2v) is 6.15. The van der Waals surface area contributed by atoms with Crippen molar-refractivity contribution < 1.29 is 13.6 Å². The fourth-order valence-electron chi connectivity index (χ4n) is 1.87. The smallest absolute Gasteiger partial charge is 0.260 e. The monoisotopic (exact) mass is 330 g/mol. The highest BCUT2D eigenvalue weighted by atomic mass is 35.5. The molecule has 1 amide bonds. The van der Waals surface area contributed by atoms with E-state index in [2.05, 4.69) is 0 Å². The van der Waals surface area contributed by atoms with Gasteiger partial charge in [0.05, 0.1) is 16.6 Å². The quantitative estimate of drug-likeness (QED) is 0.863. The molecule has 112 valence electrons. The molecule has 0 aliphatic carbocycles. The molecule has 0 radical (unpaired) electrons. The second kappa shape index (κ2) is 6.41. The molecule has 0 spiro atoms. The summed E-state index contributed by atoms with van der Waals surface area (Å²) in [5.74, 6) is -2.68. The summed E-state index contributed by atoms with van der Waals surface area (Å²) in [7, 11) is 0. The zero-order valence-electron chi connectivity index (χ0n) is 11.2. The lowest BCUT2D eigenvalue weighted by Crippen LogP contribution is -2.31. The summed E-state index contributed by atoms with van der Waals surface area (Å²) in [6.07, 6.45) is 0. The molecule has 3 nitrogen and oxygen atoms in total. The van der Waals surface area contributed by atoms with Crippen LogP contribution in [0.1, 0.15) is 22.2 Å². The lowest BCUT2D eigenvalue weighted by molar-refractivity contribution is 0.0744. The van der Waals surface area contributed by atoms with E-state index in [1.54, 1.807) is 19.1 Å². The van der Waals surface area contributed by atoms with E-state index in [1.165, 1.54) is 16.2 Å². The van der Waals surface area contributed by atoms with Gasteiger partial charge in [0.2, 0.25) is 0 Å². The Morgan fingerprint density at radius 3 is 2.62 bits per heavy atom. The van der Waals surface area contributed by atoms with Crippen molar-refractivity contribution in [3.8, 4) is 0 Å². The van der Waals surface area contributed by atoms with Crippen LogP contribution < -0.4 is 5.73 Å². The molecule has 0 aliphatic rings. The molecule has 0 unspecified atom stereocenters. The van der Waals surface area contributed by atoms with Crippen molar-refractivity contribution in [3.05, 3.63) is 50.7 Å². The second-order valence-electron chi connectivity index (χ2n) is 4.35. The summed E-state index contributed by atoms with van der Waals surface area (Å²) in [4.78, 5) is 14.5. The molecule has 21 heavy (non-hydrogen) atoms. The van der Waals surface area contributed by atoms with Gasteiger partial charge in [0.25, 0.3) is 5.91 Å². The van der Waals surface area contributed by atoms with Crippen molar-refractivity contribution in [2.45, 2.75) is 13.5 Å². The zero-order valence-corrected chi connectivity index (χ0v) is 12.8. The van der Waals surface area contributed by atoms with Gasteiger partial charge in [-0.3, -0.25) is 4.79 Å². The molecule has 2 rings (SSSR count). The topological polar surface area (TPSA) is 46.3 Å². The summed E-state index contributed by atoms with van der Waals surface area (Å²) in [5, 5.41) is 0. The Balaban J connectivity index is 2.30. The standard InChI is InChI=1S/C14H13ClF2N2OS/c1-2-19(7-8-3-6-11(15)21-8)14(20)12-9(16)4-5-10(18)13(12)17/h3-6H,2,7,18H2,1H3. The maximum Gasteiger partial charge on any atom is 0.260 e. The molecule has 1 heterocycles. The van der Waals surface area contributed by atoms with Crippen molar-refractivity contribution in [3.63, 3.8) is 0 Å². The molecule has 0 saturated heterocycles. The predicted octanol–water partition coefficient (Wildman–Crippen LogP) is 3.92. The van der Waals surface area contributed by atoms with Gasteiger partial charge in [-0.2, -0.15) is 0 Å². The van der Waals surface area contributed by atoms with Crippen molar-refractivity contribution in [2.75, 3.05) is 12.3 Å². The highest BCUT2D eigenvalue weighted by Gasteiger charge is 2.24. The number of amides is 1. The van der Waals surface area contributed by atoms with Crippen molar-refractivity contribution in [1.29, 1.82) is 0 Å². The van der Waals surface area contributed by atoms with Crippen LogP contribution >= 0.6 is 22.9 Å². The Morgan fingerprint density at radius 1 is 1.33 bits per heavy atom. The van der Waals surface area contributed by atoms with E-state index >= 15 is 0 Å². The number of nitrogens with zero attached hydrogens (tertiary/aromatic N) is 1. The maximum absolute atomic E-state index is 13.9. The molecule has 1 aromatic heterocycles. The molecule has 2 aromatic rings. The lowest BCUT2D eigenvalue weighted by Gasteiger charge is -2.21. The molecule has 0 atom stereocenters. The Bertz CT molecular complexity index is 675. The third kappa shape index (κ3) is 3.33. The van der Waals surface area contributed by atoms with Gasteiger partial charge < -0.3 is 10.6 Å². The van der Waals surface area contributed by atoms with Crippen molar-refractivity contribution >= 4 is 34.5 Å². The van der Waals surface area contributed by atoms with E-state index in [-0.39, 0.29) is 12.2 Å². The first kappa shape index (κ1) is 15.7. The summed E-state index contributed by atoms with van der Waals surface area (Å²) in [5.41, 5.74) is 4.52. The van der Waals surface area contributed by atoms with Crippen LogP contribution in [-0.2, 0) is 6.54 Å².